The van der Waals surface area contributed by atoms with Gasteiger partial charge in [-0.15, -0.1) is 0 Å². The van der Waals surface area contributed by atoms with Crippen LogP contribution in [0.15, 0.2) is 54.6 Å². The summed E-state index contributed by atoms with van der Waals surface area (Å²) >= 11 is 0. The zero-order valence-corrected chi connectivity index (χ0v) is 10.7. The van der Waals surface area contributed by atoms with Crippen LogP contribution in [0.4, 0.5) is 0 Å². The Hall–Kier alpha value is -1.82. The molecule has 0 heterocycles. The zero-order valence-electron chi connectivity index (χ0n) is 10.7. The SMILES string of the molecule is COc1ccccc1COOB(O)c1ccccc1. The van der Waals surface area contributed by atoms with Crippen LogP contribution in [0.1, 0.15) is 5.56 Å². The summed E-state index contributed by atoms with van der Waals surface area (Å²) in [5.41, 5.74) is 1.49. The number of rotatable bonds is 6. The van der Waals surface area contributed by atoms with Crippen molar-refractivity contribution in [3.8, 4) is 5.75 Å². The van der Waals surface area contributed by atoms with Gasteiger partial charge in [-0.1, -0.05) is 48.5 Å². The second kappa shape index (κ2) is 6.94. The molecule has 0 aliphatic heterocycles. The number of benzene rings is 2. The van der Waals surface area contributed by atoms with E-state index in [0.29, 0.717) is 5.46 Å². The Morgan fingerprint density at radius 2 is 1.68 bits per heavy atom. The summed E-state index contributed by atoms with van der Waals surface area (Å²) in [6, 6.07) is 16.5. The van der Waals surface area contributed by atoms with E-state index in [9.17, 15) is 5.02 Å². The van der Waals surface area contributed by atoms with Crippen molar-refractivity contribution in [2.45, 2.75) is 6.61 Å². The second-order valence-electron chi connectivity index (χ2n) is 3.93. The lowest BCUT2D eigenvalue weighted by Crippen LogP contribution is -2.33. The van der Waals surface area contributed by atoms with Gasteiger partial charge in [0.15, 0.2) is 0 Å². The summed E-state index contributed by atoms with van der Waals surface area (Å²) in [7, 11) is 0.495. The first-order chi connectivity index (χ1) is 9.31. The van der Waals surface area contributed by atoms with Crippen molar-refractivity contribution in [2.24, 2.45) is 0 Å². The van der Waals surface area contributed by atoms with Gasteiger partial charge in [-0.05, 0) is 11.5 Å². The van der Waals surface area contributed by atoms with Gasteiger partial charge in [0.05, 0.1) is 7.11 Å². The van der Waals surface area contributed by atoms with E-state index in [1.807, 2.05) is 42.5 Å². The molecule has 2 rings (SSSR count). The zero-order chi connectivity index (χ0) is 13.5. The fraction of sp³-hybridized carbons (Fsp3) is 0.143. The lowest BCUT2D eigenvalue weighted by molar-refractivity contribution is -0.231. The molecule has 0 aliphatic rings. The van der Waals surface area contributed by atoms with Crippen LogP contribution in [-0.2, 0) is 16.3 Å². The van der Waals surface area contributed by atoms with Gasteiger partial charge in [-0.2, -0.15) is 0 Å². The third kappa shape index (κ3) is 3.82. The smallest absolute Gasteiger partial charge is 0.496 e. The van der Waals surface area contributed by atoms with E-state index in [2.05, 4.69) is 0 Å². The van der Waals surface area contributed by atoms with Crippen LogP contribution in [0.2, 0.25) is 0 Å². The highest BCUT2D eigenvalue weighted by Gasteiger charge is 2.17. The van der Waals surface area contributed by atoms with Gasteiger partial charge in [0.25, 0.3) is 0 Å². The summed E-state index contributed by atoms with van der Waals surface area (Å²) in [4.78, 5) is 9.98. The molecule has 0 atom stereocenters. The van der Waals surface area contributed by atoms with E-state index in [0.717, 1.165) is 11.3 Å². The van der Waals surface area contributed by atoms with E-state index in [4.69, 9.17) is 14.4 Å². The maximum absolute atomic E-state index is 9.75. The first-order valence-electron chi connectivity index (χ1n) is 5.94. The van der Waals surface area contributed by atoms with Crippen molar-refractivity contribution in [2.75, 3.05) is 7.11 Å². The van der Waals surface area contributed by atoms with Gasteiger partial charge in [0.1, 0.15) is 12.4 Å². The number of para-hydroxylation sites is 1. The normalized spacial score (nSPS) is 10.2. The largest absolute Gasteiger partial charge is 0.523 e. The van der Waals surface area contributed by atoms with Gasteiger partial charge in [-0.3, -0.25) is 4.81 Å². The van der Waals surface area contributed by atoms with Crippen LogP contribution < -0.4 is 10.2 Å². The third-order valence-electron chi connectivity index (χ3n) is 2.65. The first-order valence-corrected chi connectivity index (χ1v) is 5.94. The molecule has 0 bridgehead atoms. The van der Waals surface area contributed by atoms with E-state index >= 15 is 0 Å². The Morgan fingerprint density at radius 3 is 2.42 bits per heavy atom. The highest BCUT2D eigenvalue weighted by molar-refractivity contribution is 6.59. The highest BCUT2D eigenvalue weighted by atomic mass is 17.2. The standard InChI is InChI=1S/C14H15BO4/c1-17-14-10-6-5-7-12(14)11-18-19-15(16)13-8-3-2-4-9-13/h2-10,16H,11H2,1H3. The van der Waals surface area contributed by atoms with Gasteiger partial charge >= 0.3 is 7.12 Å². The van der Waals surface area contributed by atoms with Crippen LogP contribution in [-0.4, -0.2) is 19.3 Å². The third-order valence-corrected chi connectivity index (χ3v) is 2.65. The van der Waals surface area contributed by atoms with Gasteiger partial charge < -0.3 is 9.76 Å². The number of hydrogen-bond acceptors (Lipinski definition) is 4. The van der Waals surface area contributed by atoms with Crippen molar-refractivity contribution in [3.05, 3.63) is 60.2 Å². The van der Waals surface area contributed by atoms with Crippen molar-refractivity contribution >= 4 is 12.6 Å². The van der Waals surface area contributed by atoms with Crippen LogP contribution in [0, 0.1) is 0 Å². The van der Waals surface area contributed by atoms with Crippen molar-refractivity contribution < 1.29 is 19.5 Å². The molecule has 0 fully saturated rings. The quantitative estimate of drug-likeness (QED) is 0.485. The first kappa shape index (κ1) is 13.6. The molecular formula is C14H15BO4. The molecule has 98 valence electrons. The van der Waals surface area contributed by atoms with Crippen LogP contribution >= 0.6 is 0 Å². The second-order valence-corrected chi connectivity index (χ2v) is 3.93. The Labute approximate surface area is 112 Å². The predicted molar refractivity (Wildman–Crippen MR) is 72.9 cm³/mol. The fourth-order valence-electron chi connectivity index (χ4n) is 1.66. The van der Waals surface area contributed by atoms with Crippen molar-refractivity contribution in [3.63, 3.8) is 0 Å². The molecule has 0 radical (unpaired) electrons. The maximum Gasteiger partial charge on any atom is 0.523 e. The number of ether oxygens (including phenoxy) is 1. The van der Waals surface area contributed by atoms with E-state index in [1.54, 1.807) is 19.2 Å². The molecule has 0 amide bonds. The molecule has 0 unspecified atom stereocenters. The van der Waals surface area contributed by atoms with Crippen LogP contribution in [0.25, 0.3) is 0 Å². The Balaban J connectivity index is 1.87. The van der Waals surface area contributed by atoms with Crippen molar-refractivity contribution in [1.82, 2.24) is 0 Å². The minimum absolute atomic E-state index is 0.202. The molecule has 2 aromatic rings. The van der Waals surface area contributed by atoms with Crippen LogP contribution in [0.3, 0.4) is 0 Å². The lowest BCUT2D eigenvalue weighted by Gasteiger charge is -2.10. The summed E-state index contributed by atoms with van der Waals surface area (Å²) in [6.45, 7) is 0.202. The molecule has 0 aliphatic carbocycles. The Bertz CT molecular complexity index is 504. The van der Waals surface area contributed by atoms with Gasteiger partial charge in [0.2, 0.25) is 0 Å². The number of hydrogen-bond donors (Lipinski definition) is 1. The average Bonchev–Trinajstić information content (AvgIpc) is 2.48. The molecule has 5 heteroatoms. The molecule has 0 aromatic heterocycles. The Morgan fingerprint density at radius 1 is 1.00 bits per heavy atom. The monoisotopic (exact) mass is 258 g/mol. The highest BCUT2D eigenvalue weighted by Crippen LogP contribution is 2.17. The summed E-state index contributed by atoms with van der Waals surface area (Å²) in [5, 5.41) is 9.75. The van der Waals surface area contributed by atoms with Crippen molar-refractivity contribution in [1.29, 1.82) is 0 Å². The Kier molecular flexibility index (Phi) is 4.97. The van der Waals surface area contributed by atoms with E-state index in [-0.39, 0.29) is 6.61 Å². The van der Waals surface area contributed by atoms with E-state index < -0.39 is 7.12 Å². The topological polar surface area (TPSA) is 47.9 Å². The van der Waals surface area contributed by atoms with Crippen LogP contribution in [0.5, 0.6) is 5.75 Å². The minimum atomic E-state index is -1.10. The molecule has 19 heavy (non-hydrogen) atoms. The molecule has 2 aromatic carbocycles. The summed E-state index contributed by atoms with van der Waals surface area (Å²) in [6.07, 6.45) is 0. The molecular weight excluding hydrogens is 243 g/mol. The maximum atomic E-state index is 9.75. The average molecular weight is 258 g/mol. The number of methoxy groups -OCH3 is 1. The summed E-state index contributed by atoms with van der Waals surface area (Å²) < 4.78 is 5.19. The molecule has 0 spiro atoms. The minimum Gasteiger partial charge on any atom is -0.496 e. The lowest BCUT2D eigenvalue weighted by atomic mass is 9.80. The van der Waals surface area contributed by atoms with E-state index in [1.165, 1.54) is 0 Å². The fourth-order valence-corrected chi connectivity index (χ4v) is 1.66. The molecule has 0 saturated carbocycles. The summed E-state index contributed by atoms with van der Waals surface area (Å²) in [5.74, 6) is 0.723. The molecule has 0 saturated heterocycles. The van der Waals surface area contributed by atoms with Gasteiger partial charge in [0, 0.05) is 5.56 Å². The molecule has 4 nitrogen and oxygen atoms in total. The van der Waals surface area contributed by atoms with Gasteiger partial charge in [-0.25, -0.2) is 4.89 Å². The predicted octanol–water partition coefficient (Wildman–Crippen LogP) is 1.53. The molecule has 1 N–H and O–H groups in total.